The molecule has 3 nitrogen and oxygen atoms in total. The molecule has 1 rings (SSSR count). The van der Waals surface area contributed by atoms with Crippen molar-refractivity contribution < 1.29 is 4.21 Å². The highest BCUT2D eigenvalue weighted by atomic mass is 32.2. The molecular formula is C11H18N2OS. The van der Waals surface area contributed by atoms with E-state index in [1.54, 1.807) is 6.26 Å². The van der Waals surface area contributed by atoms with Crippen molar-refractivity contribution in [2.45, 2.75) is 19.9 Å². The summed E-state index contributed by atoms with van der Waals surface area (Å²) >= 11 is 0. The van der Waals surface area contributed by atoms with Crippen LogP contribution in [0.1, 0.15) is 17.7 Å². The van der Waals surface area contributed by atoms with Crippen molar-refractivity contribution in [1.82, 2.24) is 10.3 Å². The number of aromatic nitrogens is 1. The Morgan fingerprint density at radius 2 is 2.27 bits per heavy atom. The average Bonchev–Trinajstić information content (AvgIpc) is 2.20. The Labute approximate surface area is 93.8 Å². The van der Waals surface area contributed by atoms with E-state index in [1.165, 1.54) is 5.56 Å². The molecule has 1 atom stereocenters. The molecule has 0 spiro atoms. The topological polar surface area (TPSA) is 42.0 Å². The van der Waals surface area contributed by atoms with Crippen LogP contribution in [0.5, 0.6) is 0 Å². The van der Waals surface area contributed by atoms with Gasteiger partial charge in [0.1, 0.15) is 0 Å². The van der Waals surface area contributed by atoms with Crippen molar-refractivity contribution >= 4 is 10.8 Å². The van der Waals surface area contributed by atoms with Crippen molar-refractivity contribution in [1.29, 1.82) is 0 Å². The maximum absolute atomic E-state index is 10.8. The molecule has 0 aliphatic rings. The van der Waals surface area contributed by atoms with Crippen molar-refractivity contribution in [3.05, 3.63) is 29.6 Å². The standard InChI is InChI=1S/C11H18N2OS/c1-10-4-5-11(13-8-10)9-12-6-3-7-15(2)14/h4-5,8,12H,3,6-7,9H2,1-2H3. The van der Waals surface area contributed by atoms with Crippen molar-refractivity contribution in [3.63, 3.8) is 0 Å². The minimum Gasteiger partial charge on any atom is -0.311 e. The molecule has 4 heteroatoms. The third kappa shape index (κ3) is 5.64. The molecule has 1 aromatic heterocycles. The molecule has 1 aromatic rings. The van der Waals surface area contributed by atoms with E-state index in [2.05, 4.69) is 16.4 Å². The highest BCUT2D eigenvalue weighted by Gasteiger charge is 1.94. The number of nitrogens with one attached hydrogen (secondary N) is 1. The average molecular weight is 226 g/mol. The molecule has 1 heterocycles. The molecule has 84 valence electrons. The predicted octanol–water partition coefficient (Wildman–Crippen LogP) is 1.25. The lowest BCUT2D eigenvalue weighted by atomic mass is 10.3. The van der Waals surface area contributed by atoms with Gasteiger partial charge in [-0.2, -0.15) is 0 Å². The van der Waals surface area contributed by atoms with E-state index in [0.717, 1.165) is 31.0 Å². The van der Waals surface area contributed by atoms with E-state index < -0.39 is 10.8 Å². The zero-order valence-corrected chi connectivity index (χ0v) is 10.1. The van der Waals surface area contributed by atoms with E-state index in [9.17, 15) is 4.21 Å². The van der Waals surface area contributed by atoms with Gasteiger partial charge >= 0.3 is 0 Å². The monoisotopic (exact) mass is 226 g/mol. The Morgan fingerprint density at radius 3 is 2.87 bits per heavy atom. The Balaban J connectivity index is 2.15. The molecule has 0 saturated heterocycles. The van der Waals surface area contributed by atoms with E-state index in [1.807, 2.05) is 19.2 Å². The zero-order chi connectivity index (χ0) is 11.1. The van der Waals surface area contributed by atoms with Gasteiger partial charge in [-0.3, -0.25) is 9.19 Å². The van der Waals surface area contributed by atoms with Crippen LogP contribution in [0.3, 0.4) is 0 Å². The normalized spacial score (nSPS) is 12.7. The van der Waals surface area contributed by atoms with Crippen molar-refractivity contribution in [3.8, 4) is 0 Å². The first kappa shape index (κ1) is 12.3. The highest BCUT2D eigenvalue weighted by Crippen LogP contribution is 1.97. The molecule has 15 heavy (non-hydrogen) atoms. The van der Waals surface area contributed by atoms with Gasteiger partial charge in [0.05, 0.1) is 5.69 Å². The van der Waals surface area contributed by atoms with Crippen molar-refractivity contribution in [2.75, 3.05) is 18.6 Å². The van der Waals surface area contributed by atoms with Gasteiger partial charge in [-0.25, -0.2) is 0 Å². The number of pyridine rings is 1. The summed E-state index contributed by atoms with van der Waals surface area (Å²) in [5.41, 5.74) is 2.23. The molecule has 0 fully saturated rings. The zero-order valence-electron chi connectivity index (χ0n) is 9.32. The first-order valence-corrected chi connectivity index (χ1v) is 6.83. The molecule has 0 bridgehead atoms. The second-order valence-electron chi connectivity index (χ2n) is 3.63. The second kappa shape index (κ2) is 6.69. The smallest absolute Gasteiger partial charge is 0.0541 e. The summed E-state index contributed by atoms with van der Waals surface area (Å²) in [6, 6.07) is 4.09. The summed E-state index contributed by atoms with van der Waals surface area (Å²) in [7, 11) is -0.672. The SMILES string of the molecule is Cc1ccc(CNCCCS(C)=O)nc1. The fraction of sp³-hybridized carbons (Fsp3) is 0.545. The van der Waals surface area contributed by atoms with E-state index >= 15 is 0 Å². The molecule has 0 aromatic carbocycles. The van der Waals surface area contributed by atoms with Crippen LogP contribution in [-0.2, 0) is 17.3 Å². The van der Waals surface area contributed by atoms with Gasteiger partial charge in [0.2, 0.25) is 0 Å². The molecule has 0 radical (unpaired) electrons. The van der Waals surface area contributed by atoms with Gasteiger partial charge in [0.25, 0.3) is 0 Å². The summed E-state index contributed by atoms with van der Waals surface area (Å²) in [4.78, 5) is 4.29. The fourth-order valence-electron chi connectivity index (χ4n) is 1.22. The third-order valence-electron chi connectivity index (χ3n) is 2.06. The minimum atomic E-state index is -0.672. The largest absolute Gasteiger partial charge is 0.311 e. The van der Waals surface area contributed by atoms with E-state index in [4.69, 9.17) is 0 Å². The summed E-state index contributed by atoms with van der Waals surface area (Å²) in [6.07, 6.45) is 4.56. The quantitative estimate of drug-likeness (QED) is 0.742. The fourth-order valence-corrected chi connectivity index (χ4v) is 1.77. The maximum atomic E-state index is 10.8. The summed E-state index contributed by atoms with van der Waals surface area (Å²) < 4.78 is 10.8. The first-order valence-electron chi connectivity index (χ1n) is 5.11. The lowest BCUT2D eigenvalue weighted by Crippen LogP contribution is -2.17. The Hall–Kier alpha value is -0.740. The lowest BCUT2D eigenvalue weighted by Gasteiger charge is -2.03. The molecule has 0 amide bonds. The molecule has 0 saturated carbocycles. The third-order valence-corrected chi connectivity index (χ3v) is 2.93. The number of aryl methyl sites for hydroxylation is 1. The van der Waals surface area contributed by atoms with Crippen LogP contribution in [0.4, 0.5) is 0 Å². The summed E-state index contributed by atoms with van der Waals surface area (Å²) in [5, 5.41) is 3.28. The van der Waals surface area contributed by atoms with Gasteiger partial charge in [-0.15, -0.1) is 0 Å². The Bertz CT molecular complexity index is 311. The lowest BCUT2D eigenvalue weighted by molar-refractivity contribution is 0.655. The van der Waals surface area contributed by atoms with Crippen molar-refractivity contribution in [2.24, 2.45) is 0 Å². The van der Waals surface area contributed by atoms with Crippen LogP contribution in [0, 0.1) is 6.92 Å². The number of hydrogen-bond donors (Lipinski definition) is 1. The van der Waals surface area contributed by atoms with Gasteiger partial charge in [-0.05, 0) is 31.5 Å². The van der Waals surface area contributed by atoms with Gasteiger partial charge < -0.3 is 5.32 Å². The van der Waals surface area contributed by atoms with Crippen LogP contribution in [0.2, 0.25) is 0 Å². The van der Waals surface area contributed by atoms with Gasteiger partial charge in [-0.1, -0.05) is 6.07 Å². The van der Waals surface area contributed by atoms with Gasteiger partial charge in [0, 0.05) is 35.5 Å². The Morgan fingerprint density at radius 1 is 1.47 bits per heavy atom. The van der Waals surface area contributed by atoms with Crippen LogP contribution in [-0.4, -0.2) is 27.7 Å². The minimum absolute atomic E-state index is 0.672. The molecule has 1 N–H and O–H groups in total. The molecule has 0 aliphatic carbocycles. The molecular weight excluding hydrogens is 208 g/mol. The predicted molar refractivity (Wildman–Crippen MR) is 64.2 cm³/mol. The Kier molecular flexibility index (Phi) is 5.50. The van der Waals surface area contributed by atoms with Crippen LogP contribution >= 0.6 is 0 Å². The number of hydrogen-bond acceptors (Lipinski definition) is 3. The highest BCUT2D eigenvalue weighted by molar-refractivity contribution is 7.84. The van der Waals surface area contributed by atoms with Crippen LogP contribution < -0.4 is 5.32 Å². The molecule has 0 aliphatic heterocycles. The first-order chi connectivity index (χ1) is 7.18. The van der Waals surface area contributed by atoms with E-state index in [0.29, 0.717) is 0 Å². The molecule has 1 unspecified atom stereocenters. The summed E-state index contributed by atoms with van der Waals surface area (Å²) in [6.45, 7) is 3.71. The number of nitrogens with zero attached hydrogens (tertiary/aromatic N) is 1. The van der Waals surface area contributed by atoms with Gasteiger partial charge in [0.15, 0.2) is 0 Å². The second-order valence-corrected chi connectivity index (χ2v) is 5.19. The number of rotatable bonds is 6. The summed E-state index contributed by atoms with van der Waals surface area (Å²) in [5.74, 6) is 0.772. The maximum Gasteiger partial charge on any atom is 0.0541 e. The van der Waals surface area contributed by atoms with Crippen LogP contribution in [0.15, 0.2) is 18.3 Å². The van der Waals surface area contributed by atoms with E-state index in [-0.39, 0.29) is 0 Å². The van der Waals surface area contributed by atoms with Crippen LogP contribution in [0.25, 0.3) is 0 Å².